The zero-order chi connectivity index (χ0) is 26.1. The molecule has 34 heavy (non-hydrogen) atoms. The predicted octanol–water partition coefficient (Wildman–Crippen LogP) is 5.09. The van der Waals surface area contributed by atoms with Crippen LogP contribution in [0.2, 0.25) is 0 Å². The van der Waals surface area contributed by atoms with Crippen LogP contribution in [0.25, 0.3) is 10.4 Å². The van der Waals surface area contributed by atoms with E-state index in [0.29, 0.717) is 19.3 Å². The number of hydrogen-bond acceptors (Lipinski definition) is 7. The van der Waals surface area contributed by atoms with Crippen LogP contribution < -0.4 is 0 Å². The SMILES string of the molecule is C/C=C(\C)C1CC(N=[N+]=[N-])C(O)CCCC(C)C(OP)[C@@H](C)C(=O)C(C)(C)C(OP)CC(=O)O1. The highest BCUT2D eigenvalue weighted by molar-refractivity contribution is 7.10. The molecular weight excluding hydrogens is 476 g/mol. The predicted molar refractivity (Wildman–Crippen MR) is 138 cm³/mol. The Hall–Kier alpha value is -1.07. The molecule has 1 aliphatic rings. The van der Waals surface area contributed by atoms with Gasteiger partial charge in [-0.2, -0.15) is 0 Å². The number of Topliss-reactive ketones (excluding diaryl/α,β-unsaturated/α-hetero) is 1. The molecule has 1 aliphatic heterocycles. The third-order valence-electron chi connectivity index (χ3n) is 7.08. The topological polar surface area (TPSA) is 131 Å². The first-order chi connectivity index (χ1) is 15.9. The maximum atomic E-state index is 13.5. The van der Waals surface area contributed by atoms with Gasteiger partial charge in [-0.25, -0.2) is 0 Å². The van der Waals surface area contributed by atoms with Gasteiger partial charge in [0, 0.05) is 29.8 Å². The van der Waals surface area contributed by atoms with Gasteiger partial charge in [-0.1, -0.05) is 45.3 Å². The normalized spacial score (nSPS) is 34.7. The Balaban J connectivity index is 3.40. The molecule has 0 aromatic heterocycles. The average molecular weight is 518 g/mol. The molecule has 11 heteroatoms. The molecule has 0 amide bonds. The fraction of sp³-hybridized carbons (Fsp3) is 0.826. The number of cyclic esters (lactones) is 1. The minimum absolute atomic E-state index is 0.0311. The summed E-state index contributed by atoms with van der Waals surface area (Å²) in [5.74, 6) is -1.03. The van der Waals surface area contributed by atoms with Crippen LogP contribution in [0, 0.1) is 17.3 Å². The minimum atomic E-state index is -0.979. The van der Waals surface area contributed by atoms with Gasteiger partial charge in [0.1, 0.15) is 11.9 Å². The number of carbonyl (C=O) groups is 2. The zero-order valence-electron chi connectivity index (χ0n) is 21.1. The van der Waals surface area contributed by atoms with Crippen LogP contribution in [0.15, 0.2) is 16.8 Å². The summed E-state index contributed by atoms with van der Waals surface area (Å²) in [4.78, 5) is 29.3. The first kappa shape index (κ1) is 31.0. The van der Waals surface area contributed by atoms with Crippen molar-refractivity contribution in [2.75, 3.05) is 0 Å². The standard InChI is InChI=1S/C23H41N3O6P2/c1-7-13(2)18-11-16(25-26-24)17(27)10-8-9-14(3)21(32-34)15(4)22(29)23(5,6)19(31-33)12-20(28)30-18/h7,14-19,21,27H,8-12,33-34H2,1-6H3/b13-7+/t14?,15-,16?,17?,18?,19?,21?/m1/s1. The van der Waals surface area contributed by atoms with Gasteiger partial charge >= 0.3 is 5.97 Å². The van der Waals surface area contributed by atoms with Gasteiger partial charge in [0.05, 0.1) is 36.2 Å². The van der Waals surface area contributed by atoms with Crippen LogP contribution >= 0.6 is 18.9 Å². The van der Waals surface area contributed by atoms with E-state index in [1.165, 1.54) is 0 Å². The van der Waals surface area contributed by atoms with E-state index in [2.05, 4.69) is 29.0 Å². The Morgan fingerprint density at radius 2 is 1.91 bits per heavy atom. The van der Waals surface area contributed by atoms with Crippen molar-refractivity contribution in [3.63, 3.8) is 0 Å². The molecule has 0 spiro atoms. The van der Waals surface area contributed by atoms with Crippen molar-refractivity contribution in [3.8, 4) is 0 Å². The molecule has 0 radical (unpaired) electrons. The van der Waals surface area contributed by atoms with Crippen molar-refractivity contribution in [1.29, 1.82) is 0 Å². The molecule has 0 bridgehead atoms. The molecule has 9 nitrogen and oxygen atoms in total. The number of allylic oxidation sites excluding steroid dienone is 1. The van der Waals surface area contributed by atoms with E-state index in [9.17, 15) is 14.7 Å². The highest BCUT2D eigenvalue weighted by Gasteiger charge is 2.44. The zero-order valence-corrected chi connectivity index (χ0v) is 23.4. The molecule has 0 saturated carbocycles. The summed E-state index contributed by atoms with van der Waals surface area (Å²) >= 11 is 0. The molecule has 1 fully saturated rings. The van der Waals surface area contributed by atoms with E-state index in [1.807, 2.05) is 33.8 Å². The summed E-state index contributed by atoms with van der Waals surface area (Å²) in [5, 5.41) is 14.6. The molecule has 0 aromatic carbocycles. The van der Waals surface area contributed by atoms with Crippen LogP contribution in [0.4, 0.5) is 0 Å². The second-order valence-electron chi connectivity index (χ2n) is 9.80. The van der Waals surface area contributed by atoms with Gasteiger partial charge in [-0.15, -0.1) is 0 Å². The van der Waals surface area contributed by atoms with Gasteiger partial charge in [-0.3, -0.25) is 9.59 Å². The number of ether oxygens (including phenoxy) is 1. The van der Waals surface area contributed by atoms with E-state index in [4.69, 9.17) is 19.3 Å². The lowest BCUT2D eigenvalue weighted by Crippen LogP contribution is -2.46. The molecule has 1 rings (SSSR count). The van der Waals surface area contributed by atoms with Gasteiger partial charge in [0.15, 0.2) is 0 Å². The van der Waals surface area contributed by atoms with Crippen LogP contribution in [-0.2, 0) is 23.4 Å². The van der Waals surface area contributed by atoms with Crippen LogP contribution in [0.5, 0.6) is 0 Å². The van der Waals surface area contributed by atoms with Gasteiger partial charge in [0.25, 0.3) is 0 Å². The number of azide groups is 1. The van der Waals surface area contributed by atoms with Crippen LogP contribution in [0.1, 0.15) is 73.6 Å². The van der Waals surface area contributed by atoms with Gasteiger partial charge in [0.2, 0.25) is 0 Å². The van der Waals surface area contributed by atoms with Crippen molar-refractivity contribution in [2.24, 2.45) is 22.4 Å². The number of esters is 1. The summed E-state index contributed by atoms with van der Waals surface area (Å²) in [5.41, 5.74) is 8.85. The third kappa shape index (κ3) is 8.26. The number of nitrogens with zero attached hydrogens (tertiary/aromatic N) is 3. The maximum absolute atomic E-state index is 13.5. The summed E-state index contributed by atoms with van der Waals surface area (Å²) < 4.78 is 16.9. The molecule has 194 valence electrons. The molecular formula is C23H41N3O6P2. The van der Waals surface area contributed by atoms with Crippen LogP contribution in [0.3, 0.4) is 0 Å². The number of ketones is 1. The quantitative estimate of drug-likeness (QED) is 0.138. The van der Waals surface area contributed by atoms with Gasteiger partial charge in [-0.05, 0) is 50.1 Å². The van der Waals surface area contributed by atoms with Crippen molar-refractivity contribution in [1.82, 2.24) is 0 Å². The molecule has 1 saturated heterocycles. The Bertz CT molecular complexity index is 772. The number of hydrogen-bond donors (Lipinski definition) is 1. The van der Waals surface area contributed by atoms with E-state index in [0.717, 1.165) is 5.57 Å². The van der Waals surface area contributed by atoms with E-state index >= 15 is 0 Å². The number of aliphatic hydroxyl groups excluding tert-OH is 1. The summed E-state index contributed by atoms with van der Waals surface area (Å²) in [6, 6.07) is -0.750. The second-order valence-corrected chi connectivity index (χ2v) is 10.3. The lowest BCUT2D eigenvalue weighted by molar-refractivity contribution is -0.153. The number of rotatable bonds is 4. The molecule has 8 unspecified atom stereocenters. The summed E-state index contributed by atoms with van der Waals surface area (Å²) in [7, 11) is 4.41. The monoisotopic (exact) mass is 517 g/mol. The second kappa shape index (κ2) is 14.5. The maximum Gasteiger partial charge on any atom is 0.309 e. The first-order valence-corrected chi connectivity index (χ1v) is 12.7. The lowest BCUT2D eigenvalue weighted by atomic mass is 9.73. The van der Waals surface area contributed by atoms with E-state index in [1.54, 1.807) is 13.8 Å². The summed E-state index contributed by atoms with van der Waals surface area (Å²) in [6.45, 7) is 11.0. The van der Waals surface area contributed by atoms with Crippen molar-refractivity contribution in [3.05, 3.63) is 22.1 Å². The highest BCUT2D eigenvalue weighted by Crippen LogP contribution is 2.36. The van der Waals surface area contributed by atoms with E-state index in [-0.39, 0.29) is 30.6 Å². The third-order valence-corrected chi connectivity index (χ3v) is 7.72. The molecule has 0 aliphatic carbocycles. The van der Waals surface area contributed by atoms with E-state index < -0.39 is 41.7 Å². The van der Waals surface area contributed by atoms with Crippen molar-refractivity contribution < 1.29 is 28.5 Å². The Morgan fingerprint density at radius 3 is 2.44 bits per heavy atom. The number of aliphatic hydroxyl groups is 1. The fourth-order valence-corrected chi connectivity index (χ4v) is 5.50. The minimum Gasteiger partial charge on any atom is -0.458 e. The Kier molecular flexibility index (Phi) is 13.2. The largest absolute Gasteiger partial charge is 0.458 e. The Labute approximate surface area is 207 Å². The van der Waals surface area contributed by atoms with Crippen LogP contribution in [-0.4, -0.2) is 47.3 Å². The van der Waals surface area contributed by atoms with Crippen molar-refractivity contribution in [2.45, 2.75) is 104 Å². The highest BCUT2D eigenvalue weighted by atomic mass is 31.0. The average Bonchev–Trinajstić information content (AvgIpc) is 2.79. The number of carbonyl (C=O) groups excluding carboxylic acids is 2. The van der Waals surface area contributed by atoms with Crippen molar-refractivity contribution >= 4 is 30.7 Å². The summed E-state index contributed by atoms with van der Waals surface area (Å²) in [6.07, 6.45) is 0.942. The molecule has 1 heterocycles. The van der Waals surface area contributed by atoms with Gasteiger partial charge < -0.3 is 18.9 Å². The lowest BCUT2D eigenvalue weighted by Gasteiger charge is -2.37. The molecule has 0 aromatic rings. The molecule has 1 N–H and O–H groups in total. The Morgan fingerprint density at radius 1 is 1.26 bits per heavy atom. The smallest absolute Gasteiger partial charge is 0.309 e. The fourth-order valence-electron chi connectivity index (χ4n) is 4.56. The first-order valence-electron chi connectivity index (χ1n) is 11.7. The molecule has 9 atom stereocenters.